The fourth-order valence-corrected chi connectivity index (χ4v) is 2.06. The predicted octanol–water partition coefficient (Wildman–Crippen LogP) is 2.51. The number of hydrogen-bond donors (Lipinski definition) is 1. The first-order valence-electron chi connectivity index (χ1n) is 6.50. The molecule has 2 aromatic carbocycles. The van der Waals surface area contributed by atoms with Gasteiger partial charge in [-0.25, -0.2) is 4.98 Å². The van der Waals surface area contributed by atoms with Crippen molar-refractivity contribution in [2.45, 2.75) is 6.61 Å². The summed E-state index contributed by atoms with van der Waals surface area (Å²) in [4.78, 5) is 18.1. The van der Waals surface area contributed by atoms with Crippen LogP contribution < -0.4 is 15.0 Å². The van der Waals surface area contributed by atoms with Crippen molar-refractivity contribution in [1.82, 2.24) is 9.97 Å². The first-order chi connectivity index (χ1) is 10.3. The van der Waals surface area contributed by atoms with E-state index in [9.17, 15) is 4.79 Å². The van der Waals surface area contributed by atoms with Crippen LogP contribution in [0.2, 0.25) is 0 Å². The minimum atomic E-state index is -0.248. The van der Waals surface area contributed by atoms with Crippen LogP contribution in [0.1, 0.15) is 5.56 Å². The summed E-state index contributed by atoms with van der Waals surface area (Å²) >= 11 is 0. The molecule has 0 saturated carbocycles. The predicted molar refractivity (Wildman–Crippen MR) is 79.7 cm³/mol. The van der Waals surface area contributed by atoms with Gasteiger partial charge in [-0.1, -0.05) is 30.3 Å². The first kappa shape index (κ1) is 13.2. The SMILES string of the molecule is COc1cc2[nH]c(=O)cnc2cc1OCc1ccccc1. The Balaban J connectivity index is 1.93. The fourth-order valence-electron chi connectivity index (χ4n) is 2.06. The summed E-state index contributed by atoms with van der Waals surface area (Å²) in [5, 5.41) is 0. The highest BCUT2D eigenvalue weighted by Gasteiger charge is 2.08. The molecule has 0 spiro atoms. The van der Waals surface area contributed by atoms with E-state index in [1.165, 1.54) is 6.20 Å². The summed E-state index contributed by atoms with van der Waals surface area (Å²) in [7, 11) is 1.56. The molecule has 0 unspecified atom stereocenters. The minimum Gasteiger partial charge on any atom is -0.493 e. The Morgan fingerprint density at radius 3 is 2.71 bits per heavy atom. The average molecular weight is 282 g/mol. The second-order valence-corrected chi connectivity index (χ2v) is 4.54. The lowest BCUT2D eigenvalue weighted by atomic mass is 10.2. The Morgan fingerprint density at radius 1 is 1.14 bits per heavy atom. The monoisotopic (exact) mass is 282 g/mol. The highest BCUT2D eigenvalue weighted by Crippen LogP contribution is 2.31. The standard InChI is InChI=1S/C16H14N2O3/c1-20-14-8-13-12(17-9-16(19)18-13)7-15(14)21-10-11-5-3-2-4-6-11/h2-9H,10H2,1H3,(H,18,19). The average Bonchev–Trinajstić information content (AvgIpc) is 2.53. The van der Waals surface area contributed by atoms with Gasteiger partial charge in [0.05, 0.1) is 24.3 Å². The number of aromatic nitrogens is 2. The van der Waals surface area contributed by atoms with Gasteiger partial charge in [0.1, 0.15) is 6.61 Å². The molecule has 21 heavy (non-hydrogen) atoms. The van der Waals surface area contributed by atoms with Crippen molar-refractivity contribution in [3.8, 4) is 11.5 Å². The molecule has 0 aliphatic heterocycles. The van der Waals surface area contributed by atoms with Gasteiger partial charge in [-0.2, -0.15) is 0 Å². The molecule has 0 amide bonds. The second-order valence-electron chi connectivity index (χ2n) is 4.54. The van der Waals surface area contributed by atoms with Crippen LogP contribution >= 0.6 is 0 Å². The first-order valence-corrected chi connectivity index (χ1v) is 6.50. The van der Waals surface area contributed by atoms with Crippen LogP contribution in [0.25, 0.3) is 11.0 Å². The third kappa shape index (κ3) is 2.86. The quantitative estimate of drug-likeness (QED) is 0.798. The zero-order valence-electron chi connectivity index (χ0n) is 11.5. The molecule has 0 radical (unpaired) electrons. The molecular formula is C16H14N2O3. The van der Waals surface area contributed by atoms with E-state index in [-0.39, 0.29) is 5.56 Å². The van der Waals surface area contributed by atoms with Crippen LogP contribution in [-0.2, 0) is 6.61 Å². The Hall–Kier alpha value is -2.82. The molecule has 106 valence electrons. The lowest BCUT2D eigenvalue weighted by molar-refractivity contribution is 0.285. The number of methoxy groups -OCH3 is 1. The summed E-state index contributed by atoms with van der Waals surface area (Å²) < 4.78 is 11.1. The maximum Gasteiger partial charge on any atom is 0.266 e. The number of aromatic amines is 1. The van der Waals surface area contributed by atoms with Gasteiger partial charge in [-0.05, 0) is 5.56 Å². The van der Waals surface area contributed by atoms with Crippen molar-refractivity contribution in [2.75, 3.05) is 7.11 Å². The van der Waals surface area contributed by atoms with Gasteiger partial charge < -0.3 is 14.5 Å². The third-order valence-electron chi connectivity index (χ3n) is 3.10. The molecular weight excluding hydrogens is 268 g/mol. The number of rotatable bonds is 4. The number of benzene rings is 2. The molecule has 3 aromatic rings. The van der Waals surface area contributed by atoms with E-state index in [1.54, 1.807) is 19.2 Å². The van der Waals surface area contributed by atoms with Gasteiger partial charge in [0.2, 0.25) is 0 Å². The van der Waals surface area contributed by atoms with E-state index in [1.807, 2.05) is 30.3 Å². The highest BCUT2D eigenvalue weighted by molar-refractivity contribution is 5.78. The smallest absolute Gasteiger partial charge is 0.266 e. The molecule has 0 bridgehead atoms. The summed E-state index contributed by atoms with van der Waals surface area (Å²) in [5.74, 6) is 1.15. The summed E-state index contributed by atoms with van der Waals surface area (Å²) in [6.07, 6.45) is 1.25. The van der Waals surface area contributed by atoms with Crippen LogP contribution in [0.5, 0.6) is 11.5 Å². The molecule has 0 saturated heterocycles. The molecule has 5 heteroatoms. The van der Waals surface area contributed by atoms with Crippen molar-refractivity contribution in [1.29, 1.82) is 0 Å². The van der Waals surface area contributed by atoms with Crippen LogP contribution in [-0.4, -0.2) is 17.1 Å². The van der Waals surface area contributed by atoms with Crippen molar-refractivity contribution in [3.63, 3.8) is 0 Å². The van der Waals surface area contributed by atoms with Gasteiger partial charge in [0, 0.05) is 12.1 Å². The molecule has 5 nitrogen and oxygen atoms in total. The van der Waals surface area contributed by atoms with Crippen molar-refractivity contribution >= 4 is 11.0 Å². The summed E-state index contributed by atoms with van der Waals surface area (Å²) in [5.41, 5.74) is 2.08. The molecule has 1 heterocycles. The molecule has 0 atom stereocenters. The Bertz CT molecular complexity index is 813. The van der Waals surface area contributed by atoms with Gasteiger partial charge in [-0.3, -0.25) is 4.79 Å². The number of ether oxygens (including phenoxy) is 2. The Labute approximate surface area is 121 Å². The number of hydrogen-bond acceptors (Lipinski definition) is 4. The van der Waals surface area contributed by atoms with E-state index < -0.39 is 0 Å². The van der Waals surface area contributed by atoms with Crippen molar-refractivity contribution in [2.24, 2.45) is 0 Å². The minimum absolute atomic E-state index is 0.248. The van der Waals surface area contributed by atoms with Crippen molar-refractivity contribution < 1.29 is 9.47 Å². The largest absolute Gasteiger partial charge is 0.493 e. The Morgan fingerprint density at radius 2 is 1.95 bits per heavy atom. The topological polar surface area (TPSA) is 64.2 Å². The number of fused-ring (bicyclic) bond motifs is 1. The van der Waals surface area contributed by atoms with E-state index >= 15 is 0 Å². The molecule has 0 aliphatic rings. The third-order valence-corrected chi connectivity index (χ3v) is 3.10. The zero-order valence-corrected chi connectivity index (χ0v) is 11.5. The highest BCUT2D eigenvalue weighted by atomic mass is 16.5. The zero-order chi connectivity index (χ0) is 14.7. The van der Waals surface area contributed by atoms with Crippen LogP contribution in [0, 0.1) is 0 Å². The van der Waals surface area contributed by atoms with E-state index in [2.05, 4.69) is 9.97 Å². The summed E-state index contributed by atoms with van der Waals surface area (Å²) in [6.45, 7) is 0.437. The Kier molecular flexibility index (Phi) is 3.55. The molecule has 1 aromatic heterocycles. The van der Waals surface area contributed by atoms with Crippen LogP contribution in [0.3, 0.4) is 0 Å². The van der Waals surface area contributed by atoms with E-state index in [4.69, 9.17) is 9.47 Å². The van der Waals surface area contributed by atoms with Crippen molar-refractivity contribution in [3.05, 3.63) is 64.6 Å². The van der Waals surface area contributed by atoms with Crippen LogP contribution in [0.4, 0.5) is 0 Å². The summed E-state index contributed by atoms with van der Waals surface area (Å²) in [6, 6.07) is 13.3. The molecule has 0 aliphatic carbocycles. The molecule has 0 fully saturated rings. The van der Waals surface area contributed by atoms with Gasteiger partial charge in [-0.15, -0.1) is 0 Å². The lowest BCUT2D eigenvalue weighted by Gasteiger charge is -2.11. The number of nitrogens with zero attached hydrogens (tertiary/aromatic N) is 1. The number of H-pyrrole nitrogens is 1. The van der Waals surface area contributed by atoms with E-state index in [0.29, 0.717) is 29.1 Å². The van der Waals surface area contributed by atoms with Gasteiger partial charge in [0.25, 0.3) is 5.56 Å². The molecule has 1 N–H and O–H groups in total. The fraction of sp³-hybridized carbons (Fsp3) is 0.125. The molecule has 3 rings (SSSR count). The van der Waals surface area contributed by atoms with Gasteiger partial charge in [0.15, 0.2) is 11.5 Å². The van der Waals surface area contributed by atoms with Crippen LogP contribution in [0.15, 0.2) is 53.5 Å². The maximum atomic E-state index is 11.3. The lowest BCUT2D eigenvalue weighted by Crippen LogP contribution is -2.05. The normalized spacial score (nSPS) is 10.5. The second kappa shape index (κ2) is 5.66. The van der Waals surface area contributed by atoms with Gasteiger partial charge >= 0.3 is 0 Å². The maximum absolute atomic E-state index is 11.3. The van der Waals surface area contributed by atoms with E-state index in [0.717, 1.165) is 5.56 Å². The number of nitrogens with one attached hydrogen (secondary N) is 1.